The molecule has 1 fully saturated rings. The first kappa shape index (κ1) is 34.0. The molecule has 3 amide bonds. The van der Waals surface area contributed by atoms with Gasteiger partial charge in [-0.1, -0.05) is 35.3 Å². The Morgan fingerprint density at radius 1 is 1.02 bits per heavy atom. The molecule has 2 aromatic carbocycles. The zero-order valence-electron chi connectivity index (χ0n) is 26.5. The summed E-state index contributed by atoms with van der Waals surface area (Å²) in [6.45, 7) is 5.13. The monoisotopic (exact) mass is 681 g/mol. The number of imidazole rings is 1. The van der Waals surface area contributed by atoms with Crippen molar-refractivity contribution in [3.05, 3.63) is 76.0 Å². The number of hydrogen-bond donors (Lipinski definition) is 1. The van der Waals surface area contributed by atoms with E-state index in [4.69, 9.17) is 32.7 Å². The van der Waals surface area contributed by atoms with Crippen molar-refractivity contribution in [1.29, 1.82) is 0 Å². The number of aromatic nitrogens is 3. The van der Waals surface area contributed by atoms with Gasteiger partial charge in [-0.3, -0.25) is 28.8 Å². The molecule has 0 bridgehead atoms. The predicted octanol–water partition coefficient (Wildman–Crippen LogP) is 4.01. The number of nitrogens with one attached hydrogen (secondary N) is 1. The van der Waals surface area contributed by atoms with Gasteiger partial charge >= 0.3 is 0 Å². The standard InChI is InChI=1S/C33H37Cl2N7O5/c1-22(43)41-17-15-40(16-18-41)14-12-29(44)37-19-30(45)39(2)26-11-10-25(34)24(31(26)35)21-47-28-9-6-8-27-32(28)38-33(46-3)42(27)20-23-7-4-5-13-36-23/h4-11,13H,12,14-21H2,1-3H3,(H,37,44). The lowest BCUT2D eigenvalue weighted by atomic mass is 10.2. The summed E-state index contributed by atoms with van der Waals surface area (Å²) in [6, 6.07) is 15.0. The number of nitrogens with zero attached hydrogens (tertiary/aromatic N) is 6. The van der Waals surface area contributed by atoms with E-state index in [2.05, 4.69) is 20.2 Å². The molecule has 4 aromatic rings. The van der Waals surface area contributed by atoms with Crippen molar-refractivity contribution in [3.8, 4) is 11.8 Å². The molecular weight excluding hydrogens is 645 g/mol. The molecule has 2 aromatic heterocycles. The van der Waals surface area contributed by atoms with Gasteiger partial charge in [0, 0.05) is 69.9 Å². The lowest BCUT2D eigenvalue weighted by Gasteiger charge is -2.34. The number of fused-ring (bicyclic) bond motifs is 1. The molecule has 0 saturated carbocycles. The SMILES string of the molecule is COc1nc2c(OCc3c(Cl)ccc(N(C)C(=O)CNC(=O)CCN4CCN(C(C)=O)CC4)c3Cl)cccc2n1Cc1ccccn1. The number of halogens is 2. The summed E-state index contributed by atoms with van der Waals surface area (Å²) < 4.78 is 13.7. The Labute approximate surface area is 283 Å². The third kappa shape index (κ3) is 8.13. The number of benzene rings is 2. The number of rotatable bonds is 12. The molecule has 248 valence electrons. The first-order valence-corrected chi connectivity index (χ1v) is 16.0. The van der Waals surface area contributed by atoms with E-state index in [9.17, 15) is 14.4 Å². The molecule has 12 nitrogen and oxygen atoms in total. The van der Waals surface area contributed by atoms with Gasteiger partial charge in [-0.2, -0.15) is 4.98 Å². The molecule has 0 spiro atoms. The average molecular weight is 683 g/mol. The van der Waals surface area contributed by atoms with Crippen LogP contribution in [0.1, 0.15) is 24.6 Å². The number of likely N-dealkylation sites (N-methyl/N-ethyl adjacent to an activating group) is 1. The summed E-state index contributed by atoms with van der Waals surface area (Å²) in [4.78, 5) is 51.4. The van der Waals surface area contributed by atoms with E-state index in [0.717, 1.165) is 11.2 Å². The van der Waals surface area contributed by atoms with Crippen LogP contribution in [-0.4, -0.2) is 95.5 Å². The van der Waals surface area contributed by atoms with Crippen molar-refractivity contribution in [2.75, 3.05) is 58.3 Å². The third-order valence-electron chi connectivity index (χ3n) is 8.12. The van der Waals surface area contributed by atoms with E-state index in [0.29, 0.717) is 72.8 Å². The number of methoxy groups -OCH3 is 1. The normalized spacial score (nSPS) is 13.4. The van der Waals surface area contributed by atoms with E-state index in [1.807, 2.05) is 34.9 Å². The number of carbonyl (C=O) groups excluding carboxylic acids is 3. The zero-order chi connectivity index (χ0) is 33.5. The van der Waals surface area contributed by atoms with Crippen LogP contribution in [0, 0.1) is 0 Å². The number of ether oxygens (including phenoxy) is 2. The Morgan fingerprint density at radius 3 is 2.51 bits per heavy atom. The highest BCUT2D eigenvalue weighted by Crippen LogP contribution is 2.36. The second-order valence-corrected chi connectivity index (χ2v) is 11.9. The first-order valence-electron chi connectivity index (χ1n) is 15.2. The Hall–Kier alpha value is -4.39. The van der Waals surface area contributed by atoms with Gasteiger partial charge in [0.15, 0.2) is 0 Å². The van der Waals surface area contributed by atoms with Crippen LogP contribution in [0.5, 0.6) is 11.8 Å². The van der Waals surface area contributed by atoms with Crippen LogP contribution >= 0.6 is 23.2 Å². The molecule has 47 heavy (non-hydrogen) atoms. The summed E-state index contributed by atoms with van der Waals surface area (Å²) in [5.41, 5.74) is 3.18. The van der Waals surface area contributed by atoms with Crippen LogP contribution in [0.15, 0.2) is 54.7 Å². The summed E-state index contributed by atoms with van der Waals surface area (Å²) in [6.07, 6.45) is 1.99. The van der Waals surface area contributed by atoms with Crippen LogP contribution in [0.4, 0.5) is 5.69 Å². The van der Waals surface area contributed by atoms with Gasteiger partial charge in [0.25, 0.3) is 6.01 Å². The highest BCUT2D eigenvalue weighted by Gasteiger charge is 2.22. The highest BCUT2D eigenvalue weighted by atomic mass is 35.5. The van der Waals surface area contributed by atoms with Gasteiger partial charge in [-0.15, -0.1) is 0 Å². The van der Waals surface area contributed by atoms with Gasteiger partial charge in [-0.05, 0) is 36.4 Å². The number of amides is 3. The lowest BCUT2D eigenvalue weighted by molar-refractivity contribution is -0.131. The third-order valence-corrected chi connectivity index (χ3v) is 8.89. The summed E-state index contributed by atoms with van der Waals surface area (Å²) in [5, 5.41) is 3.33. The van der Waals surface area contributed by atoms with Gasteiger partial charge in [-0.25, -0.2) is 0 Å². The Balaban J connectivity index is 1.20. The molecule has 3 heterocycles. The van der Waals surface area contributed by atoms with Crippen LogP contribution < -0.4 is 19.7 Å². The smallest absolute Gasteiger partial charge is 0.297 e. The van der Waals surface area contributed by atoms with E-state index < -0.39 is 0 Å². The van der Waals surface area contributed by atoms with Crippen molar-refractivity contribution in [2.45, 2.75) is 26.5 Å². The second kappa shape index (κ2) is 15.5. The molecule has 5 rings (SSSR count). The van der Waals surface area contributed by atoms with Crippen LogP contribution in [0.2, 0.25) is 10.0 Å². The first-order chi connectivity index (χ1) is 22.7. The maximum absolute atomic E-state index is 13.0. The maximum Gasteiger partial charge on any atom is 0.297 e. The number of anilines is 1. The minimum atomic E-state index is -0.347. The average Bonchev–Trinajstić information content (AvgIpc) is 3.44. The maximum atomic E-state index is 13.0. The Kier molecular flexibility index (Phi) is 11.2. The highest BCUT2D eigenvalue weighted by molar-refractivity contribution is 6.38. The van der Waals surface area contributed by atoms with Gasteiger partial charge in [0.05, 0.1) is 42.1 Å². The number of para-hydroxylation sites is 1. The largest absolute Gasteiger partial charge is 0.486 e. The van der Waals surface area contributed by atoms with Gasteiger partial charge < -0.3 is 24.6 Å². The fourth-order valence-corrected chi connectivity index (χ4v) is 5.97. The number of carbonyl (C=O) groups is 3. The molecule has 1 saturated heterocycles. The van der Waals surface area contributed by atoms with E-state index in [1.165, 1.54) is 4.90 Å². The van der Waals surface area contributed by atoms with E-state index in [-0.39, 0.29) is 42.3 Å². The van der Waals surface area contributed by atoms with Crippen molar-refractivity contribution >= 4 is 57.6 Å². The second-order valence-electron chi connectivity index (χ2n) is 11.1. The molecule has 14 heteroatoms. The molecule has 1 aliphatic rings. The molecule has 0 atom stereocenters. The summed E-state index contributed by atoms with van der Waals surface area (Å²) in [7, 11) is 3.15. The van der Waals surface area contributed by atoms with Crippen LogP contribution in [0.25, 0.3) is 11.0 Å². The minimum absolute atomic E-state index is 0.0134. The van der Waals surface area contributed by atoms with Crippen molar-refractivity contribution < 1.29 is 23.9 Å². The Morgan fingerprint density at radius 2 is 1.81 bits per heavy atom. The van der Waals surface area contributed by atoms with Crippen molar-refractivity contribution in [2.24, 2.45) is 0 Å². The van der Waals surface area contributed by atoms with E-state index in [1.54, 1.807) is 50.4 Å². The predicted molar refractivity (Wildman–Crippen MR) is 180 cm³/mol. The number of piperazine rings is 1. The van der Waals surface area contributed by atoms with Gasteiger partial charge in [0.2, 0.25) is 17.7 Å². The number of hydrogen-bond acceptors (Lipinski definition) is 8. The topological polar surface area (TPSA) is 122 Å². The molecular formula is C33H37Cl2N7O5. The van der Waals surface area contributed by atoms with Crippen molar-refractivity contribution in [1.82, 2.24) is 29.7 Å². The van der Waals surface area contributed by atoms with Crippen LogP contribution in [0.3, 0.4) is 0 Å². The van der Waals surface area contributed by atoms with Crippen molar-refractivity contribution in [3.63, 3.8) is 0 Å². The fourth-order valence-electron chi connectivity index (χ4n) is 5.37. The summed E-state index contributed by atoms with van der Waals surface area (Å²) in [5.74, 6) is -0.0129. The van der Waals surface area contributed by atoms with E-state index >= 15 is 0 Å². The molecule has 0 radical (unpaired) electrons. The number of pyridine rings is 1. The lowest BCUT2D eigenvalue weighted by Crippen LogP contribution is -2.48. The molecule has 0 aliphatic carbocycles. The molecule has 1 aliphatic heterocycles. The minimum Gasteiger partial charge on any atom is -0.486 e. The Bertz CT molecular complexity index is 1740. The fraction of sp³-hybridized carbons (Fsp3) is 0.364. The van der Waals surface area contributed by atoms with Gasteiger partial charge in [0.1, 0.15) is 17.9 Å². The molecule has 0 unspecified atom stereocenters. The van der Waals surface area contributed by atoms with Crippen LogP contribution in [-0.2, 0) is 27.5 Å². The quantitative estimate of drug-likeness (QED) is 0.238. The molecule has 1 N–H and O–H groups in total. The zero-order valence-corrected chi connectivity index (χ0v) is 28.1. The summed E-state index contributed by atoms with van der Waals surface area (Å²) >= 11 is 13.3.